The van der Waals surface area contributed by atoms with Gasteiger partial charge >= 0.3 is 12.0 Å². The fourth-order valence-electron chi connectivity index (χ4n) is 3.39. The van der Waals surface area contributed by atoms with Gasteiger partial charge in [0.25, 0.3) is 0 Å². The van der Waals surface area contributed by atoms with Crippen molar-refractivity contribution >= 4 is 12.0 Å². The van der Waals surface area contributed by atoms with Crippen LogP contribution in [0.15, 0.2) is 29.5 Å². The van der Waals surface area contributed by atoms with Crippen LogP contribution in [0.4, 0.5) is 4.79 Å². The van der Waals surface area contributed by atoms with Gasteiger partial charge in [-0.15, -0.1) is 0 Å². The van der Waals surface area contributed by atoms with Gasteiger partial charge in [-0.1, -0.05) is 19.9 Å². The van der Waals surface area contributed by atoms with E-state index in [-0.39, 0.29) is 25.5 Å². The zero-order valence-corrected chi connectivity index (χ0v) is 16.5. The summed E-state index contributed by atoms with van der Waals surface area (Å²) >= 11 is 0. The van der Waals surface area contributed by atoms with Crippen LogP contribution >= 0.6 is 0 Å². The van der Waals surface area contributed by atoms with E-state index < -0.39 is 5.97 Å². The summed E-state index contributed by atoms with van der Waals surface area (Å²) in [6, 6.07) is 5.20. The maximum Gasteiger partial charge on any atom is 0.337 e. The summed E-state index contributed by atoms with van der Waals surface area (Å²) in [6.45, 7) is 8.09. The number of carbonyl (C=O) groups is 2. The van der Waals surface area contributed by atoms with Gasteiger partial charge < -0.3 is 24.8 Å². The van der Waals surface area contributed by atoms with Crippen molar-refractivity contribution in [3.63, 3.8) is 0 Å². The molecule has 1 aromatic rings. The summed E-state index contributed by atoms with van der Waals surface area (Å²) in [5.74, 6) is 1.09. The number of rotatable bonds is 8. The highest BCUT2D eigenvalue weighted by Crippen LogP contribution is 2.33. The number of likely N-dealkylation sites (N-methyl/N-ethyl adjacent to an activating group) is 1. The molecule has 0 aliphatic carbocycles. The molecule has 0 fully saturated rings. The van der Waals surface area contributed by atoms with Gasteiger partial charge in [0.15, 0.2) is 11.5 Å². The highest BCUT2D eigenvalue weighted by Gasteiger charge is 2.32. The summed E-state index contributed by atoms with van der Waals surface area (Å²) in [7, 11) is 0. The van der Waals surface area contributed by atoms with Gasteiger partial charge in [0, 0.05) is 18.8 Å². The van der Waals surface area contributed by atoms with E-state index in [2.05, 4.69) is 15.5 Å². The van der Waals surface area contributed by atoms with Gasteiger partial charge in [0.05, 0.1) is 18.2 Å². The third-order valence-electron chi connectivity index (χ3n) is 4.82. The Morgan fingerprint density at radius 2 is 2.00 bits per heavy atom. The Bertz CT molecular complexity index is 777. The van der Waals surface area contributed by atoms with Gasteiger partial charge in [-0.2, -0.15) is 0 Å². The summed E-state index contributed by atoms with van der Waals surface area (Å²) in [6.07, 6.45) is 0.610. The summed E-state index contributed by atoms with van der Waals surface area (Å²) in [5, 5.41) is 5.60. The lowest BCUT2D eigenvalue weighted by Gasteiger charge is -2.31. The molecule has 0 radical (unpaired) electrons. The highest BCUT2D eigenvalue weighted by atomic mass is 16.7. The van der Waals surface area contributed by atoms with Gasteiger partial charge in [-0.3, -0.25) is 4.90 Å². The van der Waals surface area contributed by atoms with E-state index in [0.29, 0.717) is 30.8 Å². The maximum absolute atomic E-state index is 12.5. The van der Waals surface area contributed by atoms with Crippen molar-refractivity contribution in [3.8, 4) is 11.5 Å². The molecule has 0 saturated heterocycles. The molecule has 2 N–H and O–H groups in total. The van der Waals surface area contributed by atoms with Crippen molar-refractivity contribution in [1.82, 2.24) is 15.5 Å². The number of amides is 2. The molecular formula is C20H27N3O5. The first kappa shape index (κ1) is 20.0. The van der Waals surface area contributed by atoms with E-state index >= 15 is 0 Å². The number of benzene rings is 1. The standard InChI is InChI=1S/C20H27N3O5/c1-4-14-18(19(24)26-6-3)15(22-20(25)21-14)11-23(5-2)10-13-7-8-16-17(9-13)28-12-27-16/h7-9,14H,4-6,10-12H2,1-3H3,(H2,21,22,25). The Hall–Kier alpha value is -2.74. The maximum atomic E-state index is 12.5. The first-order chi connectivity index (χ1) is 13.5. The van der Waals surface area contributed by atoms with Crippen molar-refractivity contribution in [1.29, 1.82) is 0 Å². The van der Waals surface area contributed by atoms with Crippen LogP contribution in [0.5, 0.6) is 11.5 Å². The van der Waals surface area contributed by atoms with E-state index in [0.717, 1.165) is 23.6 Å². The molecular weight excluding hydrogens is 362 g/mol. The fraction of sp³-hybridized carbons (Fsp3) is 0.500. The number of esters is 1. The molecule has 0 bridgehead atoms. The first-order valence-corrected chi connectivity index (χ1v) is 9.64. The highest BCUT2D eigenvalue weighted by molar-refractivity contribution is 5.94. The van der Waals surface area contributed by atoms with Crippen molar-refractivity contribution in [2.75, 3.05) is 26.5 Å². The number of hydrogen-bond donors (Lipinski definition) is 2. The van der Waals surface area contributed by atoms with Crippen LogP contribution in [0.25, 0.3) is 0 Å². The molecule has 0 spiro atoms. The number of hydrogen-bond acceptors (Lipinski definition) is 6. The molecule has 8 nitrogen and oxygen atoms in total. The van der Waals surface area contributed by atoms with E-state index in [4.69, 9.17) is 14.2 Å². The summed E-state index contributed by atoms with van der Waals surface area (Å²) in [4.78, 5) is 26.7. The van der Waals surface area contributed by atoms with Crippen molar-refractivity contribution in [2.45, 2.75) is 39.8 Å². The van der Waals surface area contributed by atoms with E-state index in [1.54, 1.807) is 6.92 Å². The van der Waals surface area contributed by atoms with E-state index in [1.807, 2.05) is 32.0 Å². The van der Waals surface area contributed by atoms with Crippen LogP contribution in [0.3, 0.4) is 0 Å². The van der Waals surface area contributed by atoms with Crippen molar-refractivity contribution < 1.29 is 23.8 Å². The Morgan fingerprint density at radius 3 is 2.71 bits per heavy atom. The molecule has 2 amide bonds. The Labute approximate surface area is 164 Å². The van der Waals surface area contributed by atoms with Crippen LogP contribution in [-0.2, 0) is 16.1 Å². The molecule has 3 rings (SSSR count). The number of fused-ring (bicyclic) bond motifs is 1. The van der Waals surface area contributed by atoms with E-state index in [9.17, 15) is 9.59 Å². The average molecular weight is 389 g/mol. The second-order valence-electron chi connectivity index (χ2n) is 6.66. The smallest absolute Gasteiger partial charge is 0.337 e. The predicted octanol–water partition coefficient (Wildman–Crippen LogP) is 2.15. The largest absolute Gasteiger partial charge is 0.463 e. The minimum absolute atomic E-state index is 0.240. The molecule has 0 saturated carbocycles. The molecule has 2 heterocycles. The van der Waals surface area contributed by atoms with Crippen LogP contribution in [0.2, 0.25) is 0 Å². The minimum Gasteiger partial charge on any atom is -0.463 e. The zero-order valence-electron chi connectivity index (χ0n) is 16.5. The lowest BCUT2D eigenvalue weighted by atomic mass is 10.00. The topological polar surface area (TPSA) is 89.1 Å². The molecule has 28 heavy (non-hydrogen) atoms. The average Bonchev–Trinajstić information content (AvgIpc) is 3.14. The van der Waals surface area contributed by atoms with Gasteiger partial charge in [0.2, 0.25) is 6.79 Å². The third kappa shape index (κ3) is 4.39. The Kier molecular flexibility index (Phi) is 6.41. The minimum atomic E-state index is -0.393. The first-order valence-electron chi connectivity index (χ1n) is 9.64. The number of nitrogens with zero attached hydrogens (tertiary/aromatic N) is 1. The molecule has 8 heteroatoms. The molecule has 2 aliphatic rings. The van der Waals surface area contributed by atoms with Crippen LogP contribution < -0.4 is 20.1 Å². The summed E-state index contributed by atoms with van der Waals surface area (Å²) in [5.41, 5.74) is 2.15. The van der Waals surface area contributed by atoms with Crippen molar-refractivity contribution in [3.05, 3.63) is 35.0 Å². The number of nitrogens with one attached hydrogen (secondary N) is 2. The van der Waals surface area contributed by atoms with Gasteiger partial charge in [0.1, 0.15) is 0 Å². The van der Waals surface area contributed by atoms with Gasteiger partial charge in [-0.05, 0) is 37.6 Å². The second-order valence-corrected chi connectivity index (χ2v) is 6.66. The zero-order chi connectivity index (χ0) is 20.1. The quantitative estimate of drug-likeness (QED) is 0.663. The Morgan fingerprint density at radius 1 is 1.21 bits per heavy atom. The number of urea groups is 1. The lowest BCUT2D eigenvalue weighted by Crippen LogP contribution is -2.52. The molecule has 152 valence electrons. The third-order valence-corrected chi connectivity index (χ3v) is 4.82. The molecule has 2 aliphatic heterocycles. The predicted molar refractivity (Wildman–Crippen MR) is 103 cm³/mol. The Balaban J connectivity index is 1.81. The molecule has 1 atom stereocenters. The SMILES string of the molecule is CCOC(=O)C1=C(CN(CC)Cc2ccc3c(c2)OCO3)NC(=O)NC1CC. The fourth-order valence-corrected chi connectivity index (χ4v) is 3.39. The van der Waals surface area contributed by atoms with Crippen molar-refractivity contribution in [2.24, 2.45) is 0 Å². The van der Waals surface area contributed by atoms with E-state index in [1.165, 1.54) is 0 Å². The molecule has 1 aromatic carbocycles. The van der Waals surface area contributed by atoms with Crippen LogP contribution in [0.1, 0.15) is 32.8 Å². The summed E-state index contributed by atoms with van der Waals surface area (Å²) < 4.78 is 16.0. The van der Waals surface area contributed by atoms with Crippen LogP contribution in [-0.4, -0.2) is 49.4 Å². The number of carbonyl (C=O) groups excluding carboxylic acids is 2. The monoisotopic (exact) mass is 389 g/mol. The van der Waals surface area contributed by atoms with Crippen LogP contribution in [0, 0.1) is 0 Å². The van der Waals surface area contributed by atoms with Gasteiger partial charge in [-0.25, -0.2) is 9.59 Å². The lowest BCUT2D eigenvalue weighted by molar-refractivity contribution is -0.139. The molecule has 0 aromatic heterocycles. The molecule has 1 unspecified atom stereocenters. The second kappa shape index (κ2) is 8.97. The normalized spacial score (nSPS) is 18.1. The number of ether oxygens (including phenoxy) is 3.